The Balaban J connectivity index is 2.34. The van der Waals surface area contributed by atoms with Gasteiger partial charge in [0.05, 0.1) is 5.41 Å². The highest BCUT2D eigenvalue weighted by molar-refractivity contribution is 5.82. The average Bonchev–Trinajstić information content (AvgIpc) is 2.46. The number of rotatable bonds is 8. The number of amides is 3. The minimum Gasteiger partial charge on any atom is -0.381 e. The van der Waals surface area contributed by atoms with Crippen LogP contribution < -0.4 is 16.4 Å². The van der Waals surface area contributed by atoms with E-state index in [1.807, 2.05) is 6.92 Å². The van der Waals surface area contributed by atoms with Crippen molar-refractivity contribution in [1.29, 1.82) is 0 Å². The number of unbranched alkanes of at least 4 members (excludes halogenated alkanes) is 2. The minimum atomic E-state index is -0.666. The van der Waals surface area contributed by atoms with Gasteiger partial charge in [0.2, 0.25) is 5.91 Å². The second kappa shape index (κ2) is 8.87. The second-order valence-corrected chi connectivity index (χ2v) is 5.98. The molecule has 0 aromatic heterocycles. The lowest BCUT2D eigenvalue weighted by Crippen LogP contribution is -2.52. The number of hydrogen-bond acceptors (Lipinski definition) is 3. The maximum Gasteiger partial charge on any atom is 0.315 e. The molecule has 0 bridgehead atoms. The van der Waals surface area contributed by atoms with Crippen LogP contribution in [0.3, 0.4) is 0 Å². The molecule has 0 unspecified atom stereocenters. The Morgan fingerprint density at radius 1 is 1.29 bits per heavy atom. The largest absolute Gasteiger partial charge is 0.381 e. The van der Waals surface area contributed by atoms with Gasteiger partial charge in [0.15, 0.2) is 0 Å². The maximum atomic E-state index is 11.9. The number of nitrogens with two attached hydrogens (primary N) is 1. The number of primary amides is 1. The van der Waals surface area contributed by atoms with Crippen LogP contribution in [0.1, 0.15) is 52.4 Å². The molecule has 0 aromatic rings. The van der Waals surface area contributed by atoms with Gasteiger partial charge in [0.1, 0.15) is 0 Å². The number of carbonyl (C=O) groups is 2. The highest BCUT2D eigenvalue weighted by Crippen LogP contribution is 2.29. The SMILES string of the molecule is CCCCC[C@@H](C)NC(=O)NCC1(C(N)=O)CCOCC1. The van der Waals surface area contributed by atoms with Gasteiger partial charge in [0.25, 0.3) is 0 Å². The Kier molecular flexibility index (Phi) is 7.50. The summed E-state index contributed by atoms with van der Waals surface area (Å²) in [5.74, 6) is -0.359. The van der Waals surface area contributed by atoms with Crippen LogP contribution >= 0.6 is 0 Å². The van der Waals surface area contributed by atoms with Crippen LogP contribution in [0.25, 0.3) is 0 Å². The van der Waals surface area contributed by atoms with Crippen LogP contribution in [0.4, 0.5) is 4.79 Å². The molecule has 1 saturated heterocycles. The van der Waals surface area contributed by atoms with E-state index in [0.717, 1.165) is 12.8 Å². The number of carbonyl (C=O) groups excluding carboxylic acids is 2. The summed E-state index contributed by atoms with van der Waals surface area (Å²) in [5.41, 5.74) is 4.84. The molecule has 1 aliphatic rings. The summed E-state index contributed by atoms with van der Waals surface area (Å²) < 4.78 is 5.27. The van der Waals surface area contributed by atoms with Crippen molar-refractivity contribution in [2.75, 3.05) is 19.8 Å². The first kappa shape index (κ1) is 17.8. The molecule has 1 aliphatic heterocycles. The highest BCUT2D eigenvalue weighted by Gasteiger charge is 2.38. The van der Waals surface area contributed by atoms with E-state index in [-0.39, 0.29) is 24.5 Å². The quantitative estimate of drug-likeness (QED) is 0.593. The number of hydrogen-bond donors (Lipinski definition) is 3. The summed E-state index contributed by atoms with van der Waals surface area (Å²) in [5, 5.41) is 5.69. The van der Waals surface area contributed by atoms with E-state index in [0.29, 0.717) is 26.1 Å². The van der Waals surface area contributed by atoms with Gasteiger partial charge >= 0.3 is 6.03 Å². The molecule has 0 aromatic carbocycles. The van der Waals surface area contributed by atoms with Crippen molar-refractivity contribution in [3.63, 3.8) is 0 Å². The van der Waals surface area contributed by atoms with E-state index in [4.69, 9.17) is 10.5 Å². The molecule has 1 heterocycles. The molecule has 6 nitrogen and oxygen atoms in total. The maximum absolute atomic E-state index is 11.9. The van der Waals surface area contributed by atoms with Crippen LogP contribution in [0, 0.1) is 5.41 Å². The van der Waals surface area contributed by atoms with E-state index < -0.39 is 5.41 Å². The summed E-state index contributed by atoms with van der Waals surface area (Å²) >= 11 is 0. The van der Waals surface area contributed by atoms with Crippen molar-refractivity contribution in [3.8, 4) is 0 Å². The zero-order valence-electron chi connectivity index (χ0n) is 13.2. The average molecular weight is 299 g/mol. The van der Waals surface area contributed by atoms with Gasteiger partial charge in [-0.25, -0.2) is 4.79 Å². The van der Waals surface area contributed by atoms with Gasteiger partial charge in [-0.15, -0.1) is 0 Å². The number of urea groups is 1. The summed E-state index contributed by atoms with van der Waals surface area (Å²) in [4.78, 5) is 23.6. The smallest absolute Gasteiger partial charge is 0.315 e. The number of ether oxygens (including phenoxy) is 1. The molecular formula is C15H29N3O3. The topological polar surface area (TPSA) is 93.5 Å². The van der Waals surface area contributed by atoms with E-state index in [1.54, 1.807) is 0 Å². The Labute approximate surface area is 127 Å². The molecule has 6 heteroatoms. The van der Waals surface area contributed by atoms with Crippen molar-refractivity contribution in [3.05, 3.63) is 0 Å². The molecule has 0 saturated carbocycles. The molecule has 0 aliphatic carbocycles. The lowest BCUT2D eigenvalue weighted by Gasteiger charge is -2.34. The third-order valence-electron chi connectivity index (χ3n) is 4.18. The molecule has 1 fully saturated rings. The normalized spacial score (nSPS) is 18.8. The Hall–Kier alpha value is -1.30. The van der Waals surface area contributed by atoms with Crippen molar-refractivity contribution in [1.82, 2.24) is 10.6 Å². The monoisotopic (exact) mass is 299 g/mol. The Morgan fingerprint density at radius 3 is 2.52 bits per heavy atom. The van der Waals surface area contributed by atoms with Crippen LogP contribution in [0.5, 0.6) is 0 Å². The first-order chi connectivity index (χ1) is 10.00. The second-order valence-electron chi connectivity index (χ2n) is 5.98. The zero-order chi connectivity index (χ0) is 15.7. The van der Waals surface area contributed by atoms with Gasteiger partial charge in [-0.3, -0.25) is 4.79 Å². The molecular weight excluding hydrogens is 270 g/mol. The number of nitrogens with one attached hydrogen (secondary N) is 2. The highest BCUT2D eigenvalue weighted by atomic mass is 16.5. The van der Waals surface area contributed by atoms with Gasteiger partial charge < -0.3 is 21.1 Å². The van der Waals surface area contributed by atoms with Gasteiger partial charge in [-0.05, 0) is 26.2 Å². The van der Waals surface area contributed by atoms with Gasteiger partial charge in [-0.2, -0.15) is 0 Å². The summed E-state index contributed by atoms with van der Waals surface area (Å²) in [6.45, 7) is 5.45. The summed E-state index contributed by atoms with van der Waals surface area (Å²) in [7, 11) is 0. The molecule has 1 rings (SSSR count). The van der Waals surface area contributed by atoms with Crippen molar-refractivity contribution in [2.24, 2.45) is 11.1 Å². The third kappa shape index (κ3) is 5.91. The van der Waals surface area contributed by atoms with Crippen LogP contribution in [0.15, 0.2) is 0 Å². The minimum absolute atomic E-state index is 0.135. The Bertz CT molecular complexity index is 341. The first-order valence-corrected chi connectivity index (χ1v) is 7.92. The molecule has 1 atom stereocenters. The van der Waals surface area contributed by atoms with Crippen molar-refractivity contribution >= 4 is 11.9 Å². The summed E-state index contributed by atoms with van der Waals surface area (Å²) in [6, 6.07) is -0.0955. The fourth-order valence-corrected chi connectivity index (χ4v) is 2.57. The van der Waals surface area contributed by atoms with Crippen molar-refractivity contribution < 1.29 is 14.3 Å². The predicted molar refractivity (Wildman–Crippen MR) is 81.8 cm³/mol. The standard InChI is InChI=1S/C15H29N3O3/c1-3-4-5-6-12(2)18-14(20)17-11-15(13(16)19)7-9-21-10-8-15/h12H,3-11H2,1-2H3,(H2,16,19)(H2,17,18,20)/t12-/m1/s1. The molecule has 0 spiro atoms. The molecule has 4 N–H and O–H groups in total. The molecule has 122 valence electrons. The van der Waals surface area contributed by atoms with Crippen LogP contribution in [-0.4, -0.2) is 37.7 Å². The van der Waals surface area contributed by atoms with Crippen LogP contribution in [-0.2, 0) is 9.53 Å². The Morgan fingerprint density at radius 2 is 1.95 bits per heavy atom. The lowest BCUT2D eigenvalue weighted by atomic mass is 9.79. The van der Waals surface area contributed by atoms with E-state index in [9.17, 15) is 9.59 Å². The first-order valence-electron chi connectivity index (χ1n) is 7.92. The fourth-order valence-electron chi connectivity index (χ4n) is 2.57. The fraction of sp³-hybridized carbons (Fsp3) is 0.867. The lowest BCUT2D eigenvalue weighted by molar-refractivity contribution is -0.132. The molecule has 21 heavy (non-hydrogen) atoms. The van der Waals surface area contributed by atoms with E-state index in [2.05, 4.69) is 17.6 Å². The van der Waals surface area contributed by atoms with Crippen molar-refractivity contribution in [2.45, 2.75) is 58.4 Å². The van der Waals surface area contributed by atoms with Gasteiger partial charge in [0, 0.05) is 25.8 Å². The molecule has 3 amide bonds. The van der Waals surface area contributed by atoms with E-state index in [1.165, 1.54) is 12.8 Å². The summed E-state index contributed by atoms with van der Waals surface area (Å²) in [6.07, 6.45) is 5.56. The molecule has 0 radical (unpaired) electrons. The van der Waals surface area contributed by atoms with E-state index >= 15 is 0 Å². The van der Waals surface area contributed by atoms with Crippen LogP contribution in [0.2, 0.25) is 0 Å². The zero-order valence-corrected chi connectivity index (χ0v) is 13.2. The van der Waals surface area contributed by atoms with Gasteiger partial charge in [-0.1, -0.05) is 26.2 Å². The predicted octanol–water partition coefficient (Wildman–Crippen LogP) is 1.54. The third-order valence-corrected chi connectivity index (χ3v) is 4.18.